The molecule has 1 fully saturated rings. The first-order chi connectivity index (χ1) is 8.79. The number of hydrogen-bond donors (Lipinski definition) is 1. The molecule has 4 heteroatoms. The van der Waals surface area contributed by atoms with Crippen molar-refractivity contribution in [2.75, 3.05) is 20.1 Å². The van der Waals surface area contributed by atoms with Gasteiger partial charge in [-0.05, 0) is 39.3 Å². The third kappa shape index (κ3) is 2.08. The molecule has 1 atom stereocenters. The van der Waals surface area contributed by atoms with Gasteiger partial charge in [0.05, 0.1) is 18.0 Å². The van der Waals surface area contributed by atoms with Gasteiger partial charge in [0.25, 0.3) is 0 Å². The highest BCUT2D eigenvalue weighted by molar-refractivity contribution is 5.23. The van der Waals surface area contributed by atoms with Gasteiger partial charge < -0.3 is 14.6 Å². The quantitative estimate of drug-likeness (QED) is 0.864. The Morgan fingerprint density at radius 2 is 2.17 bits per heavy atom. The van der Waals surface area contributed by atoms with Gasteiger partial charge in [-0.3, -0.25) is 0 Å². The molecule has 0 spiro atoms. The minimum Gasteiger partial charge on any atom is -0.390 e. The lowest BCUT2D eigenvalue weighted by molar-refractivity contribution is 0.239. The summed E-state index contributed by atoms with van der Waals surface area (Å²) in [6.07, 6.45) is 6.00. The van der Waals surface area contributed by atoms with Crippen LogP contribution in [0.2, 0.25) is 0 Å². The molecule has 2 aliphatic heterocycles. The maximum Gasteiger partial charge on any atom is 0.109 e. The molecule has 4 nitrogen and oxygen atoms in total. The molecule has 1 aromatic rings. The zero-order valence-electron chi connectivity index (χ0n) is 11.2. The number of nitrogens with zero attached hydrogens (tertiary/aromatic N) is 3. The fourth-order valence-electron chi connectivity index (χ4n) is 3.45. The molecule has 0 radical (unpaired) electrons. The van der Waals surface area contributed by atoms with Crippen LogP contribution < -0.4 is 0 Å². The molecule has 100 valence electrons. The molecule has 0 aliphatic carbocycles. The van der Waals surface area contributed by atoms with Crippen molar-refractivity contribution in [2.24, 2.45) is 0 Å². The standard InChI is InChI=1S/C14H23N3O/c1-16-7-4-5-11(9-16)14-12(10-18)17-8-3-2-6-13(17)15-14/h11,18H,2-10H2,1H3. The molecular weight excluding hydrogens is 226 g/mol. The van der Waals surface area contributed by atoms with Crippen molar-refractivity contribution < 1.29 is 5.11 Å². The highest BCUT2D eigenvalue weighted by Gasteiger charge is 2.27. The topological polar surface area (TPSA) is 41.3 Å². The van der Waals surface area contributed by atoms with E-state index >= 15 is 0 Å². The normalized spacial score (nSPS) is 25.1. The van der Waals surface area contributed by atoms with E-state index in [0.717, 1.165) is 25.2 Å². The lowest BCUT2D eigenvalue weighted by Gasteiger charge is -2.29. The van der Waals surface area contributed by atoms with Crippen molar-refractivity contribution in [3.05, 3.63) is 17.2 Å². The second-order valence-corrected chi connectivity index (χ2v) is 5.73. The highest BCUT2D eigenvalue weighted by Crippen LogP contribution is 2.30. The minimum atomic E-state index is 0.141. The average Bonchev–Trinajstić information content (AvgIpc) is 2.77. The van der Waals surface area contributed by atoms with Crippen LogP contribution in [0.15, 0.2) is 0 Å². The molecular formula is C14H23N3O. The Hall–Kier alpha value is -0.870. The summed E-state index contributed by atoms with van der Waals surface area (Å²) in [7, 11) is 2.18. The van der Waals surface area contributed by atoms with Gasteiger partial charge in [-0.15, -0.1) is 0 Å². The molecule has 0 aromatic carbocycles. The van der Waals surface area contributed by atoms with E-state index in [1.54, 1.807) is 0 Å². The van der Waals surface area contributed by atoms with Gasteiger partial charge >= 0.3 is 0 Å². The summed E-state index contributed by atoms with van der Waals surface area (Å²) in [5.41, 5.74) is 2.27. The number of aryl methyl sites for hydroxylation is 1. The molecule has 18 heavy (non-hydrogen) atoms. The third-order valence-corrected chi connectivity index (χ3v) is 4.38. The van der Waals surface area contributed by atoms with Gasteiger partial charge in [0.2, 0.25) is 0 Å². The second-order valence-electron chi connectivity index (χ2n) is 5.73. The lowest BCUT2D eigenvalue weighted by atomic mass is 9.94. The largest absolute Gasteiger partial charge is 0.390 e. The summed E-state index contributed by atoms with van der Waals surface area (Å²) in [6.45, 7) is 3.46. The van der Waals surface area contributed by atoms with Gasteiger partial charge in [-0.1, -0.05) is 0 Å². The molecule has 1 unspecified atom stereocenters. The van der Waals surface area contributed by atoms with Crippen LogP contribution >= 0.6 is 0 Å². The number of rotatable bonds is 2. The number of aliphatic hydroxyl groups is 1. The molecule has 0 saturated carbocycles. The van der Waals surface area contributed by atoms with E-state index in [1.165, 1.54) is 43.7 Å². The van der Waals surface area contributed by atoms with Crippen molar-refractivity contribution in [2.45, 2.75) is 51.2 Å². The maximum absolute atomic E-state index is 9.69. The Labute approximate surface area is 109 Å². The Morgan fingerprint density at radius 3 is 2.94 bits per heavy atom. The smallest absolute Gasteiger partial charge is 0.109 e. The van der Waals surface area contributed by atoms with Crippen LogP contribution in [0.3, 0.4) is 0 Å². The number of piperidine rings is 1. The zero-order valence-corrected chi connectivity index (χ0v) is 11.2. The summed E-state index contributed by atoms with van der Waals surface area (Å²) in [4.78, 5) is 7.24. The van der Waals surface area contributed by atoms with Gasteiger partial charge in [0.1, 0.15) is 5.82 Å². The van der Waals surface area contributed by atoms with Crippen LogP contribution in [-0.2, 0) is 19.6 Å². The fourth-order valence-corrected chi connectivity index (χ4v) is 3.45. The number of hydrogen-bond acceptors (Lipinski definition) is 3. The fraction of sp³-hybridized carbons (Fsp3) is 0.786. The summed E-state index contributed by atoms with van der Waals surface area (Å²) in [5.74, 6) is 1.72. The van der Waals surface area contributed by atoms with Crippen LogP contribution in [0.1, 0.15) is 48.8 Å². The number of aromatic nitrogens is 2. The van der Waals surface area contributed by atoms with Gasteiger partial charge in [-0.2, -0.15) is 0 Å². The van der Waals surface area contributed by atoms with Gasteiger partial charge in [-0.25, -0.2) is 4.98 Å². The Bertz CT molecular complexity index is 427. The van der Waals surface area contributed by atoms with Crippen molar-refractivity contribution in [3.8, 4) is 0 Å². The molecule has 1 aromatic heterocycles. The van der Waals surface area contributed by atoms with E-state index in [4.69, 9.17) is 4.98 Å². The van der Waals surface area contributed by atoms with E-state index in [9.17, 15) is 5.11 Å². The SMILES string of the molecule is CN1CCCC(c2nc3n(c2CO)CCCC3)C1. The van der Waals surface area contributed by atoms with Crippen LogP contribution in [0.5, 0.6) is 0 Å². The van der Waals surface area contributed by atoms with Gasteiger partial charge in [0.15, 0.2) is 0 Å². The summed E-state index contributed by atoms with van der Waals surface area (Å²) >= 11 is 0. The zero-order chi connectivity index (χ0) is 12.5. The second kappa shape index (κ2) is 5.02. The summed E-state index contributed by atoms with van der Waals surface area (Å²) in [5, 5.41) is 9.69. The predicted octanol–water partition coefficient (Wildman–Crippen LogP) is 1.52. The van der Waals surface area contributed by atoms with E-state index in [1.807, 2.05) is 0 Å². The van der Waals surface area contributed by atoms with E-state index in [0.29, 0.717) is 5.92 Å². The monoisotopic (exact) mass is 249 g/mol. The van der Waals surface area contributed by atoms with E-state index in [-0.39, 0.29) is 6.61 Å². The number of likely N-dealkylation sites (N-methyl/N-ethyl adjacent to an activating group) is 1. The Kier molecular flexibility index (Phi) is 3.39. The first-order valence-corrected chi connectivity index (χ1v) is 7.17. The first kappa shape index (κ1) is 12.2. The van der Waals surface area contributed by atoms with Crippen molar-refractivity contribution in [3.63, 3.8) is 0 Å². The van der Waals surface area contributed by atoms with Crippen LogP contribution in [-0.4, -0.2) is 39.7 Å². The predicted molar refractivity (Wildman–Crippen MR) is 70.6 cm³/mol. The average molecular weight is 249 g/mol. The van der Waals surface area contributed by atoms with E-state index < -0.39 is 0 Å². The molecule has 1 N–H and O–H groups in total. The summed E-state index contributed by atoms with van der Waals surface area (Å²) < 4.78 is 2.27. The molecule has 2 aliphatic rings. The Balaban J connectivity index is 1.93. The molecule has 3 rings (SSSR count). The molecule has 0 amide bonds. The first-order valence-electron chi connectivity index (χ1n) is 7.17. The number of likely N-dealkylation sites (tertiary alicyclic amines) is 1. The van der Waals surface area contributed by atoms with Crippen molar-refractivity contribution in [1.29, 1.82) is 0 Å². The molecule has 0 bridgehead atoms. The van der Waals surface area contributed by atoms with Crippen molar-refractivity contribution in [1.82, 2.24) is 14.5 Å². The number of imidazole rings is 1. The lowest BCUT2D eigenvalue weighted by Crippen LogP contribution is -2.31. The molecule has 1 saturated heterocycles. The highest BCUT2D eigenvalue weighted by atomic mass is 16.3. The van der Waals surface area contributed by atoms with Crippen LogP contribution in [0, 0.1) is 0 Å². The van der Waals surface area contributed by atoms with E-state index in [2.05, 4.69) is 16.5 Å². The third-order valence-electron chi connectivity index (χ3n) is 4.38. The number of aliphatic hydroxyl groups excluding tert-OH is 1. The Morgan fingerprint density at radius 1 is 1.28 bits per heavy atom. The molecule has 3 heterocycles. The van der Waals surface area contributed by atoms with Crippen LogP contribution in [0.4, 0.5) is 0 Å². The maximum atomic E-state index is 9.69. The minimum absolute atomic E-state index is 0.141. The van der Waals surface area contributed by atoms with Gasteiger partial charge in [0, 0.05) is 25.4 Å². The van der Waals surface area contributed by atoms with Crippen LogP contribution in [0.25, 0.3) is 0 Å². The van der Waals surface area contributed by atoms with Crippen molar-refractivity contribution >= 4 is 0 Å². The number of fused-ring (bicyclic) bond motifs is 1. The summed E-state index contributed by atoms with van der Waals surface area (Å²) in [6, 6.07) is 0.